The summed E-state index contributed by atoms with van der Waals surface area (Å²) in [4.78, 5) is 34.5. The highest BCUT2D eigenvalue weighted by Gasteiger charge is 2.48. The number of H-pyrrole nitrogens is 1. The third-order valence-electron chi connectivity index (χ3n) is 6.42. The summed E-state index contributed by atoms with van der Waals surface area (Å²) in [6.07, 6.45) is 0.111. The van der Waals surface area contributed by atoms with Crippen LogP contribution in [0.2, 0.25) is 0 Å². The van der Waals surface area contributed by atoms with Gasteiger partial charge >= 0.3 is 0 Å². The zero-order chi connectivity index (χ0) is 22.5. The van der Waals surface area contributed by atoms with Gasteiger partial charge in [0.1, 0.15) is 17.5 Å². The lowest BCUT2D eigenvalue weighted by Crippen LogP contribution is -2.42. The summed E-state index contributed by atoms with van der Waals surface area (Å²) in [5, 5.41) is 10.3. The van der Waals surface area contributed by atoms with E-state index in [0.717, 1.165) is 36.6 Å². The maximum atomic E-state index is 14.0. The van der Waals surface area contributed by atoms with Crippen LogP contribution in [0.15, 0.2) is 53.3 Å². The van der Waals surface area contributed by atoms with Gasteiger partial charge in [-0.25, -0.2) is 13.8 Å². The lowest BCUT2D eigenvalue weighted by Gasteiger charge is -2.30. The van der Waals surface area contributed by atoms with E-state index < -0.39 is 29.2 Å². The lowest BCUT2D eigenvalue weighted by molar-refractivity contribution is -0.141. The molecule has 1 fully saturated rings. The molecule has 8 heteroatoms. The number of aliphatic hydroxyl groups is 1. The number of nitrogens with zero attached hydrogens (tertiary/aromatic N) is 2. The Labute approximate surface area is 182 Å². The number of aromatic nitrogens is 2. The Kier molecular flexibility index (Phi) is 4.89. The van der Waals surface area contributed by atoms with Gasteiger partial charge in [-0.3, -0.25) is 9.59 Å². The van der Waals surface area contributed by atoms with Gasteiger partial charge in [0.25, 0.3) is 11.5 Å². The number of carbonyl (C=O) groups is 1. The molecule has 1 unspecified atom stereocenters. The van der Waals surface area contributed by atoms with E-state index in [1.807, 2.05) is 30.3 Å². The Morgan fingerprint density at radius 3 is 2.44 bits per heavy atom. The molecule has 3 aromatic rings. The van der Waals surface area contributed by atoms with Crippen LogP contribution in [0.25, 0.3) is 0 Å². The number of carbonyl (C=O) groups excluding carboxylic acids is 1. The van der Waals surface area contributed by atoms with Crippen LogP contribution in [0.4, 0.5) is 8.78 Å². The molecule has 1 aromatic heterocycles. The molecular formula is C24H21F2N3O3. The second kappa shape index (κ2) is 7.63. The fraction of sp³-hybridized carbons (Fsp3) is 0.292. The summed E-state index contributed by atoms with van der Waals surface area (Å²) >= 11 is 0. The van der Waals surface area contributed by atoms with Gasteiger partial charge in [0.15, 0.2) is 6.10 Å². The molecule has 0 bridgehead atoms. The highest BCUT2D eigenvalue weighted by atomic mass is 19.1. The summed E-state index contributed by atoms with van der Waals surface area (Å²) in [6.45, 7) is 0.107. The summed E-state index contributed by atoms with van der Waals surface area (Å²) in [6, 6.07) is 13.0. The minimum absolute atomic E-state index is 0.0811. The van der Waals surface area contributed by atoms with Crippen molar-refractivity contribution in [2.75, 3.05) is 6.54 Å². The van der Waals surface area contributed by atoms with Crippen LogP contribution in [0, 0.1) is 11.6 Å². The zero-order valence-corrected chi connectivity index (χ0v) is 17.1. The minimum Gasteiger partial charge on any atom is -0.378 e. The Balaban J connectivity index is 1.42. The molecule has 2 aromatic carbocycles. The van der Waals surface area contributed by atoms with Crippen molar-refractivity contribution in [3.05, 3.63) is 98.7 Å². The van der Waals surface area contributed by atoms with E-state index >= 15 is 0 Å². The lowest BCUT2D eigenvalue weighted by atomic mass is 9.94. The summed E-state index contributed by atoms with van der Waals surface area (Å²) in [7, 11) is 0. The molecule has 32 heavy (non-hydrogen) atoms. The van der Waals surface area contributed by atoms with Crippen molar-refractivity contribution in [2.45, 2.75) is 37.3 Å². The van der Waals surface area contributed by atoms with E-state index in [9.17, 15) is 23.5 Å². The van der Waals surface area contributed by atoms with E-state index in [1.165, 1.54) is 4.90 Å². The molecule has 2 heterocycles. The highest BCUT2D eigenvalue weighted by Crippen LogP contribution is 2.51. The molecular weight excluding hydrogens is 416 g/mol. The van der Waals surface area contributed by atoms with Crippen LogP contribution < -0.4 is 5.56 Å². The number of hydrogen-bond acceptors (Lipinski definition) is 4. The average molecular weight is 437 g/mol. The molecule has 0 spiro atoms. The smallest absolute Gasteiger partial charge is 0.256 e. The number of rotatable bonds is 4. The molecule has 2 N–H and O–H groups in total. The number of fused-ring (bicyclic) bond motifs is 1. The predicted octanol–water partition coefficient (Wildman–Crippen LogP) is 2.75. The van der Waals surface area contributed by atoms with Crippen molar-refractivity contribution in [3.63, 3.8) is 0 Å². The number of benzene rings is 2. The zero-order valence-electron chi connectivity index (χ0n) is 17.1. The second-order valence-corrected chi connectivity index (χ2v) is 8.34. The second-order valence-electron chi connectivity index (χ2n) is 8.34. The van der Waals surface area contributed by atoms with Crippen LogP contribution in [0.3, 0.4) is 0 Å². The average Bonchev–Trinajstić information content (AvgIpc) is 3.61. The topological polar surface area (TPSA) is 86.3 Å². The molecule has 2 aliphatic rings. The largest absolute Gasteiger partial charge is 0.378 e. The van der Waals surface area contributed by atoms with Crippen molar-refractivity contribution in [1.29, 1.82) is 0 Å². The standard InChI is InChI=1S/C24H21F2N3O3/c25-16-7-4-8-17(26)19(16)20(30)22(32)29-12-9-18-15(13-29)21(31)28-23(27-18)24(10-11-24)14-5-2-1-3-6-14/h1-8,20,30H,9-13H2,(H,27,28,31). The van der Waals surface area contributed by atoms with Crippen molar-refractivity contribution in [1.82, 2.24) is 14.9 Å². The summed E-state index contributed by atoms with van der Waals surface area (Å²) in [5.74, 6) is -2.22. The maximum absolute atomic E-state index is 14.0. The first-order chi connectivity index (χ1) is 15.4. The molecule has 1 saturated carbocycles. The van der Waals surface area contributed by atoms with Crippen molar-refractivity contribution in [2.24, 2.45) is 0 Å². The number of aliphatic hydroxyl groups excluding tert-OH is 1. The van der Waals surface area contributed by atoms with Crippen molar-refractivity contribution < 1.29 is 18.7 Å². The monoisotopic (exact) mass is 437 g/mol. The quantitative estimate of drug-likeness (QED) is 0.657. The van der Waals surface area contributed by atoms with Gasteiger partial charge in [0, 0.05) is 13.0 Å². The van der Waals surface area contributed by atoms with Crippen LogP contribution in [0.1, 0.15) is 47.2 Å². The number of amides is 1. The number of halogens is 2. The van der Waals surface area contributed by atoms with Crippen LogP contribution >= 0.6 is 0 Å². The molecule has 1 aliphatic carbocycles. The van der Waals surface area contributed by atoms with E-state index in [1.54, 1.807) is 0 Å². The fourth-order valence-corrected chi connectivity index (χ4v) is 4.45. The molecule has 0 radical (unpaired) electrons. The van der Waals surface area contributed by atoms with E-state index in [-0.39, 0.29) is 24.1 Å². The van der Waals surface area contributed by atoms with E-state index in [2.05, 4.69) is 4.98 Å². The van der Waals surface area contributed by atoms with Gasteiger partial charge in [-0.05, 0) is 30.5 Å². The van der Waals surface area contributed by atoms with Crippen molar-refractivity contribution >= 4 is 5.91 Å². The van der Waals surface area contributed by atoms with Gasteiger partial charge in [-0.2, -0.15) is 0 Å². The SMILES string of the molecule is O=C(C(O)c1c(F)cccc1F)N1CCc2nc(C3(c4ccccc4)CC3)[nH]c(=O)c2C1. The molecule has 1 amide bonds. The Morgan fingerprint density at radius 2 is 1.78 bits per heavy atom. The van der Waals surface area contributed by atoms with Gasteiger partial charge in [-0.1, -0.05) is 36.4 Å². The first-order valence-corrected chi connectivity index (χ1v) is 10.5. The van der Waals surface area contributed by atoms with Crippen LogP contribution in [-0.2, 0) is 23.2 Å². The third-order valence-corrected chi connectivity index (χ3v) is 6.42. The number of nitrogens with one attached hydrogen (secondary N) is 1. The Morgan fingerprint density at radius 1 is 1.09 bits per heavy atom. The fourth-order valence-electron chi connectivity index (χ4n) is 4.45. The first-order valence-electron chi connectivity index (χ1n) is 10.5. The third kappa shape index (κ3) is 3.31. The van der Waals surface area contributed by atoms with Crippen LogP contribution in [-0.4, -0.2) is 32.4 Å². The van der Waals surface area contributed by atoms with Crippen molar-refractivity contribution in [3.8, 4) is 0 Å². The molecule has 0 saturated heterocycles. The molecule has 1 aliphatic heterocycles. The number of hydrogen-bond donors (Lipinski definition) is 2. The van der Waals surface area contributed by atoms with Crippen LogP contribution in [0.5, 0.6) is 0 Å². The van der Waals surface area contributed by atoms with Gasteiger partial charge in [0.2, 0.25) is 0 Å². The molecule has 1 atom stereocenters. The Bertz CT molecular complexity index is 1230. The highest BCUT2D eigenvalue weighted by molar-refractivity contribution is 5.82. The van der Waals surface area contributed by atoms with Gasteiger partial charge < -0.3 is 15.0 Å². The summed E-state index contributed by atoms with van der Waals surface area (Å²) < 4.78 is 28.0. The minimum atomic E-state index is -1.99. The maximum Gasteiger partial charge on any atom is 0.256 e. The van der Waals surface area contributed by atoms with E-state index in [4.69, 9.17) is 4.98 Å². The van der Waals surface area contributed by atoms with Gasteiger partial charge in [-0.15, -0.1) is 0 Å². The van der Waals surface area contributed by atoms with Gasteiger partial charge in [0.05, 0.1) is 28.8 Å². The molecule has 5 rings (SSSR count). The molecule has 164 valence electrons. The normalized spacial score (nSPS) is 17.5. The first kappa shape index (κ1) is 20.5. The van der Waals surface area contributed by atoms with E-state index in [0.29, 0.717) is 23.5 Å². The number of aromatic amines is 1. The molecule has 6 nitrogen and oxygen atoms in total. The predicted molar refractivity (Wildman–Crippen MR) is 112 cm³/mol. The Hall–Kier alpha value is -3.39. The summed E-state index contributed by atoms with van der Waals surface area (Å²) in [5.41, 5.74) is 0.729.